The molecular formula is C36H48N4O9S4Si. The van der Waals surface area contributed by atoms with Gasteiger partial charge in [0.15, 0.2) is 0 Å². The molecule has 0 radical (unpaired) electrons. The number of thioether (sulfide) groups is 2. The lowest BCUT2D eigenvalue weighted by atomic mass is 9.97. The summed E-state index contributed by atoms with van der Waals surface area (Å²) in [5, 5.41) is 16.4. The number of aryl methyl sites for hydroxylation is 1. The number of nitrogens with one attached hydrogen (secondary N) is 4. The highest BCUT2D eigenvalue weighted by Gasteiger charge is 2.27. The summed E-state index contributed by atoms with van der Waals surface area (Å²) in [6, 6.07) is 11.7. The minimum Gasteiger partial charge on any atom is -0.469 e. The fourth-order valence-corrected chi connectivity index (χ4v) is 10.2. The fraction of sp³-hybridized carbons (Fsp3) is 0.417. The molecule has 0 bridgehead atoms. The van der Waals surface area contributed by atoms with Crippen LogP contribution in [0.5, 0.6) is 0 Å². The number of alkyl carbamates (subject to hydrolysis) is 1. The molecule has 3 amide bonds. The van der Waals surface area contributed by atoms with Crippen molar-refractivity contribution < 1.29 is 41.8 Å². The standard InChI is InChI=1S/C36H48N4O9S4Si/c1-22-17-24(38-34(43)48-14-16-54(7,8)9)19-26(39-29(41)21-51-15-13-30(42)47-5)31(22)23-11-10-12-25(18-23)53(45,46)28-20-27(52-33(28)50-6)32(37)40-35(44)49-36(2,3)4/h10-12,17-20H,13-16,21H2,1-9H3,(H,38,43)(H,39,41)(H2,37,40,44). The van der Waals surface area contributed by atoms with E-state index in [0.29, 0.717) is 38.0 Å². The summed E-state index contributed by atoms with van der Waals surface area (Å²) in [5.74, 6) is -0.661. The molecule has 54 heavy (non-hydrogen) atoms. The topological polar surface area (TPSA) is 190 Å². The first-order chi connectivity index (χ1) is 25.1. The zero-order chi connectivity index (χ0) is 40.4. The first-order valence-electron chi connectivity index (χ1n) is 16.8. The van der Waals surface area contributed by atoms with Crippen molar-refractivity contribution in [3.05, 3.63) is 52.9 Å². The minimum absolute atomic E-state index is 0.0238. The van der Waals surface area contributed by atoms with E-state index in [1.807, 2.05) is 0 Å². The van der Waals surface area contributed by atoms with E-state index in [-0.39, 0.29) is 51.2 Å². The Morgan fingerprint density at radius 1 is 1.00 bits per heavy atom. The fourth-order valence-electron chi connectivity index (χ4n) is 4.78. The molecule has 0 saturated carbocycles. The lowest BCUT2D eigenvalue weighted by Crippen LogP contribution is -2.36. The predicted octanol–water partition coefficient (Wildman–Crippen LogP) is 8.25. The van der Waals surface area contributed by atoms with Gasteiger partial charge in [-0.15, -0.1) is 23.1 Å². The molecule has 4 N–H and O–H groups in total. The molecule has 1 aromatic heterocycles. The van der Waals surface area contributed by atoms with Crippen molar-refractivity contribution >= 4 is 94.0 Å². The number of thiophene rings is 1. The molecule has 0 aliphatic heterocycles. The average molecular weight is 837 g/mol. The lowest BCUT2D eigenvalue weighted by Gasteiger charge is -2.19. The van der Waals surface area contributed by atoms with Crippen molar-refractivity contribution in [2.75, 3.05) is 42.1 Å². The van der Waals surface area contributed by atoms with Crippen molar-refractivity contribution in [3.8, 4) is 11.1 Å². The normalized spacial score (nSPS) is 11.7. The highest BCUT2D eigenvalue weighted by Crippen LogP contribution is 2.40. The van der Waals surface area contributed by atoms with Gasteiger partial charge in [0, 0.05) is 25.1 Å². The van der Waals surface area contributed by atoms with E-state index < -0.39 is 35.7 Å². The third-order valence-corrected chi connectivity index (χ3v) is 14.3. The van der Waals surface area contributed by atoms with Crippen LogP contribution in [0.4, 0.5) is 21.0 Å². The Labute approximate surface area is 330 Å². The van der Waals surface area contributed by atoms with Crippen LogP contribution in [0.1, 0.15) is 37.6 Å². The van der Waals surface area contributed by atoms with Crippen LogP contribution in [0.2, 0.25) is 25.7 Å². The van der Waals surface area contributed by atoms with E-state index >= 15 is 0 Å². The number of sulfone groups is 1. The quantitative estimate of drug-likeness (QED) is 0.0219. The van der Waals surface area contributed by atoms with Gasteiger partial charge >= 0.3 is 18.2 Å². The maximum absolute atomic E-state index is 14.2. The van der Waals surface area contributed by atoms with Crippen LogP contribution in [-0.2, 0) is 33.6 Å². The van der Waals surface area contributed by atoms with Crippen molar-refractivity contribution in [2.45, 2.75) is 79.4 Å². The number of amides is 3. The number of carbonyl (C=O) groups excluding carboxylic acids is 4. The van der Waals surface area contributed by atoms with Gasteiger partial charge in [-0.05, 0) is 81.5 Å². The molecular weight excluding hydrogens is 789 g/mol. The number of amidine groups is 1. The largest absolute Gasteiger partial charge is 0.469 e. The van der Waals surface area contributed by atoms with Crippen LogP contribution in [0.25, 0.3) is 11.1 Å². The van der Waals surface area contributed by atoms with E-state index in [2.05, 4.69) is 40.3 Å². The monoisotopic (exact) mass is 836 g/mol. The molecule has 0 aliphatic rings. The number of esters is 1. The lowest BCUT2D eigenvalue weighted by molar-refractivity contribution is -0.140. The minimum atomic E-state index is -4.15. The van der Waals surface area contributed by atoms with Crippen molar-refractivity contribution in [1.82, 2.24) is 5.32 Å². The molecule has 0 atom stereocenters. The van der Waals surface area contributed by atoms with E-state index in [1.54, 1.807) is 58.2 Å². The second-order valence-corrected chi connectivity index (χ2v) is 25.0. The van der Waals surface area contributed by atoms with Crippen LogP contribution in [-0.4, -0.2) is 83.5 Å². The summed E-state index contributed by atoms with van der Waals surface area (Å²) in [7, 11) is -4.29. The van der Waals surface area contributed by atoms with Gasteiger partial charge in [0.05, 0.1) is 50.5 Å². The summed E-state index contributed by atoms with van der Waals surface area (Å²) in [4.78, 5) is 49.8. The molecule has 0 aliphatic carbocycles. The number of benzene rings is 2. The number of carbonyl (C=O) groups is 4. The maximum atomic E-state index is 14.2. The number of anilines is 2. The van der Waals surface area contributed by atoms with E-state index in [9.17, 15) is 27.6 Å². The van der Waals surface area contributed by atoms with Crippen LogP contribution in [0.3, 0.4) is 0 Å². The van der Waals surface area contributed by atoms with Gasteiger partial charge in [0.2, 0.25) is 15.7 Å². The zero-order valence-corrected chi connectivity index (χ0v) is 36.2. The van der Waals surface area contributed by atoms with E-state index in [1.165, 1.54) is 48.8 Å². The first-order valence-corrected chi connectivity index (χ1v) is 25.2. The SMILES string of the molecule is COC(=O)CCSCC(=O)Nc1cc(NC(=O)OCC[Si](C)(C)C)cc(C)c1-c1cccc(S(=O)(=O)c2cc(C(=N)NC(=O)OC(C)(C)C)sc2SC)c1. The van der Waals surface area contributed by atoms with Crippen LogP contribution in [0, 0.1) is 12.3 Å². The molecule has 0 unspecified atom stereocenters. The van der Waals surface area contributed by atoms with Crippen molar-refractivity contribution in [3.63, 3.8) is 0 Å². The number of hydrogen-bond acceptors (Lipinski definition) is 13. The van der Waals surface area contributed by atoms with Crippen LogP contribution < -0.4 is 16.0 Å². The Morgan fingerprint density at radius 3 is 2.33 bits per heavy atom. The van der Waals surface area contributed by atoms with Gasteiger partial charge in [-0.3, -0.25) is 25.6 Å². The molecule has 18 heteroatoms. The second-order valence-electron chi connectivity index (χ2n) is 14.2. The average Bonchev–Trinajstić information content (AvgIpc) is 3.51. The summed E-state index contributed by atoms with van der Waals surface area (Å²) < 4.78 is 44.1. The highest BCUT2D eigenvalue weighted by atomic mass is 32.2. The van der Waals surface area contributed by atoms with E-state index in [4.69, 9.17) is 14.9 Å². The molecule has 294 valence electrons. The Hall–Kier alpha value is -3.84. The summed E-state index contributed by atoms with van der Waals surface area (Å²) in [5.41, 5.74) is 1.53. The Balaban J connectivity index is 1.99. The summed E-state index contributed by atoms with van der Waals surface area (Å²) >= 11 is 3.50. The van der Waals surface area contributed by atoms with Crippen molar-refractivity contribution in [1.29, 1.82) is 5.41 Å². The molecule has 13 nitrogen and oxygen atoms in total. The maximum Gasteiger partial charge on any atom is 0.413 e. The Kier molecular flexibility index (Phi) is 15.8. The van der Waals surface area contributed by atoms with Gasteiger partial charge in [0.1, 0.15) is 11.4 Å². The van der Waals surface area contributed by atoms with Crippen LogP contribution in [0.15, 0.2) is 56.5 Å². The summed E-state index contributed by atoms with van der Waals surface area (Å²) in [6.45, 7) is 13.7. The highest BCUT2D eigenvalue weighted by molar-refractivity contribution is 8.01. The summed E-state index contributed by atoms with van der Waals surface area (Å²) in [6.07, 6.45) is 0.393. The Morgan fingerprint density at radius 2 is 1.70 bits per heavy atom. The smallest absolute Gasteiger partial charge is 0.413 e. The van der Waals surface area contributed by atoms with Crippen LogP contribution >= 0.6 is 34.9 Å². The molecule has 3 aromatic rings. The van der Waals surface area contributed by atoms with E-state index in [0.717, 1.165) is 17.4 Å². The van der Waals surface area contributed by atoms with Gasteiger partial charge in [-0.1, -0.05) is 31.8 Å². The zero-order valence-electron chi connectivity index (χ0n) is 31.9. The molecule has 0 saturated heterocycles. The van der Waals surface area contributed by atoms with Gasteiger partial charge < -0.3 is 19.5 Å². The first kappa shape index (κ1) is 44.6. The molecule has 3 rings (SSSR count). The number of methoxy groups -OCH3 is 1. The van der Waals surface area contributed by atoms with Gasteiger partial charge in [0.25, 0.3) is 0 Å². The molecule has 2 aromatic carbocycles. The van der Waals surface area contributed by atoms with Gasteiger partial charge in [-0.25, -0.2) is 18.0 Å². The number of ether oxygens (including phenoxy) is 3. The van der Waals surface area contributed by atoms with Gasteiger partial charge in [-0.2, -0.15) is 11.8 Å². The third kappa shape index (κ3) is 13.5. The molecule has 1 heterocycles. The predicted molar refractivity (Wildman–Crippen MR) is 220 cm³/mol. The number of hydrogen-bond donors (Lipinski definition) is 4. The Bertz CT molecular complexity index is 1990. The molecule has 0 fully saturated rings. The molecule has 0 spiro atoms. The second kappa shape index (κ2) is 19.1. The third-order valence-electron chi connectivity index (χ3n) is 7.30. The number of rotatable bonds is 15. The van der Waals surface area contributed by atoms with Crippen molar-refractivity contribution in [2.24, 2.45) is 0 Å².